The second kappa shape index (κ2) is 5.86. The Morgan fingerprint density at radius 1 is 1.26 bits per heavy atom. The number of hydroxylamine groups is 1. The fraction of sp³-hybridized carbons (Fsp3) is 0.133. The van der Waals surface area contributed by atoms with E-state index in [4.69, 9.17) is 9.62 Å². The number of carbonyl (C=O) groups excluding carboxylic acids is 1. The van der Waals surface area contributed by atoms with Gasteiger partial charge in [0.2, 0.25) is 5.71 Å². The van der Waals surface area contributed by atoms with Crippen molar-refractivity contribution in [3.8, 4) is 0 Å². The molecule has 7 nitrogen and oxygen atoms in total. The van der Waals surface area contributed by atoms with Crippen LogP contribution >= 0.6 is 12.4 Å². The lowest BCUT2D eigenvalue weighted by atomic mass is 10.0. The summed E-state index contributed by atoms with van der Waals surface area (Å²) >= 11 is 0. The predicted molar refractivity (Wildman–Crippen MR) is 84.6 cm³/mol. The number of halogens is 1. The highest BCUT2D eigenvalue weighted by molar-refractivity contribution is 5.95. The summed E-state index contributed by atoms with van der Waals surface area (Å²) in [6.07, 6.45) is 1.65. The van der Waals surface area contributed by atoms with Crippen molar-refractivity contribution in [3.63, 3.8) is 0 Å². The Morgan fingerprint density at radius 2 is 2.13 bits per heavy atom. The summed E-state index contributed by atoms with van der Waals surface area (Å²) < 4.78 is 5.66. The van der Waals surface area contributed by atoms with Crippen LogP contribution in [0.2, 0.25) is 0 Å². The molecule has 0 unspecified atom stereocenters. The van der Waals surface area contributed by atoms with Crippen molar-refractivity contribution in [2.75, 3.05) is 4.90 Å². The number of fused-ring (bicyclic) bond motifs is 2. The summed E-state index contributed by atoms with van der Waals surface area (Å²) in [7, 11) is 0. The van der Waals surface area contributed by atoms with E-state index >= 15 is 0 Å². The molecule has 118 valence electrons. The van der Waals surface area contributed by atoms with Crippen LogP contribution in [0.1, 0.15) is 21.5 Å². The normalized spacial score (nSPS) is 12.8. The van der Waals surface area contributed by atoms with Crippen molar-refractivity contribution < 1.29 is 14.4 Å². The molecule has 0 bridgehead atoms. The molecule has 1 aromatic carbocycles. The molecular formula is C15H13ClN4O3. The summed E-state index contributed by atoms with van der Waals surface area (Å²) in [4.78, 5) is 22.2. The van der Waals surface area contributed by atoms with Gasteiger partial charge in [0.05, 0.1) is 0 Å². The number of amides is 1. The average molecular weight is 333 g/mol. The Labute approximate surface area is 137 Å². The first-order valence-electron chi connectivity index (χ1n) is 6.78. The molecule has 0 atom stereocenters. The number of hydrogen-bond donors (Lipinski definition) is 2. The number of nitrogens with zero attached hydrogens (tertiary/aromatic N) is 3. The fourth-order valence-electron chi connectivity index (χ4n) is 2.72. The zero-order chi connectivity index (χ0) is 15.1. The van der Waals surface area contributed by atoms with E-state index in [9.17, 15) is 4.79 Å². The highest BCUT2D eigenvalue weighted by Gasteiger charge is 2.27. The molecule has 23 heavy (non-hydrogen) atoms. The van der Waals surface area contributed by atoms with Gasteiger partial charge in [0, 0.05) is 24.8 Å². The minimum absolute atomic E-state index is 0. The zero-order valence-corrected chi connectivity index (χ0v) is 12.7. The number of carbonyl (C=O) groups is 1. The number of hydrogen-bond acceptors (Lipinski definition) is 6. The molecule has 2 aromatic heterocycles. The van der Waals surface area contributed by atoms with Crippen LogP contribution in [-0.2, 0) is 13.1 Å². The number of benzene rings is 1. The Balaban J connectivity index is 0.00000156. The van der Waals surface area contributed by atoms with Crippen LogP contribution < -0.4 is 10.4 Å². The molecule has 0 radical (unpaired) electrons. The number of pyridine rings is 1. The lowest BCUT2D eigenvalue weighted by molar-refractivity contribution is 0.0705. The highest BCUT2D eigenvalue weighted by Crippen LogP contribution is 2.31. The molecule has 3 heterocycles. The van der Waals surface area contributed by atoms with Gasteiger partial charge >= 0.3 is 0 Å². The van der Waals surface area contributed by atoms with Gasteiger partial charge in [0.15, 0.2) is 0 Å². The second-order valence-corrected chi connectivity index (χ2v) is 5.06. The van der Waals surface area contributed by atoms with Crippen LogP contribution in [0.25, 0.3) is 11.2 Å². The standard InChI is InChI=1S/C15H12N4O3.ClH/c20-13(18-21)10-4-1-3-9-7-19(8-11(9)10)15-17-12-5-2-6-16-14(12)22-15;/h1-6,21H,7-8H2,(H,18,20);1H. The van der Waals surface area contributed by atoms with Crippen LogP contribution in [0, 0.1) is 0 Å². The van der Waals surface area contributed by atoms with Crippen molar-refractivity contribution in [2.24, 2.45) is 0 Å². The summed E-state index contributed by atoms with van der Waals surface area (Å²) in [5, 5.41) is 8.85. The van der Waals surface area contributed by atoms with E-state index < -0.39 is 5.91 Å². The zero-order valence-electron chi connectivity index (χ0n) is 11.9. The maximum absolute atomic E-state index is 11.7. The largest absolute Gasteiger partial charge is 0.404 e. The molecular weight excluding hydrogens is 320 g/mol. The minimum Gasteiger partial charge on any atom is -0.404 e. The molecule has 1 amide bonds. The molecule has 0 fully saturated rings. The third-order valence-electron chi connectivity index (χ3n) is 3.76. The van der Waals surface area contributed by atoms with E-state index in [1.807, 2.05) is 17.0 Å². The number of nitrogens with one attached hydrogen (secondary N) is 1. The van der Waals surface area contributed by atoms with Crippen molar-refractivity contribution >= 4 is 35.6 Å². The minimum atomic E-state index is -0.516. The maximum atomic E-state index is 11.7. The first-order valence-corrected chi connectivity index (χ1v) is 6.78. The maximum Gasteiger partial charge on any atom is 0.300 e. The molecule has 8 heteroatoms. The number of aromatic nitrogens is 2. The fourth-order valence-corrected chi connectivity index (χ4v) is 2.72. The van der Waals surface area contributed by atoms with E-state index in [0.29, 0.717) is 35.9 Å². The van der Waals surface area contributed by atoms with Gasteiger partial charge in [-0.05, 0) is 29.3 Å². The van der Waals surface area contributed by atoms with Gasteiger partial charge in [0.1, 0.15) is 5.52 Å². The lowest BCUT2D eigenvalue weighted by Crippen LogP contribution is -2.21. The van der Waals surface area contributed by atoms with Crippen LogP contribution in [0.5, 0.6) is 0 Å². The Hall–Kier alpha value is -2.64. The highest BCUT2D eigenvalue weighted by atomic mass is 35.5. The Kier molecular flexibility index (Phi) is 3.89. The molecule has 1 aliphatic heterocycles. The predicted octanol–water partition coefficient (Wildman–Crippen LogP) is 2.28. The van der Waals surface area contributed by atoms with Crippen molar-refractivity contribution in [1.29, 1.82) is 0 Å². The number of rotatable bonds is 2. The van der Waals surface area contributed by atoms with Crippen molar-refractivity contribution in [2.45, 2.75) is 13.1 Å². The van der Waals surface area contributed by atoms with Gasteiger partial charge in [0.25, 0.3) is 11.9 Å². The van der Waals surface area contributed by atoms with E-state index in [0.717, 1.165) is 11.1 Å². The van der Waals surface area contributed by atoms with Gasteiger partial charge in [-0.25, -0.2) is 10.5 Å². The topological polar surface area (TPSA) is 91.5 Å². The van der Waals surface area contributed by atoms with Crippen molar-refractivity contribution in [3.05, 3.63) is 53.2 Å². The third-order valence-corrected chi connectivity index (χ3v) is 3.76. The Morgan fingerprint density at radius 3 is 2.91 bits per heavy atom. The Bertz CT molecular complexity index is 847. The SMILES string of the molecule is Cl.O=C(NO)c1cccc2c1CN(c1nc3cccnc3o1)C2. The number of anilines is 1. The summed E-state index contributed by atoms with van der Waals surface area (Å²) in [6.45, 7) is 1.08. The molecule has 0 spiro atoms. The molecule has 1 aliphatic rings. The molecule has 3 aromatic rings. The summed E-state index contributed by atoms with van der Waals surface area (Å²) in [5.41, 5.74) is 5.20. The van der Waals surface area contributed by atoms with E-state index in [-0.39, 0.29) is 12.4 Å². The van der Waals surface area contributed by atoms with Gasteiger partial charge in [-0.1, -0.05) is 12.1 Å². The molecule has 2 N–H and O–H groups in total. The van der Waals surface area contributed by atoms with Crippen LogP contribution in [0.4, 0.5) is 6.01 Å². The smallest absolute Gasteiger partial charge is 0.300 e. The molecule has 0 saturated heterocycles. The summed E-state index contributed by atoms with van der Waals surface area (Å²) in [6, 6.07) is 9.53. The van der Waals surface area contributed by atoms with Crippen LogP contribution in [-0.4, -0.2) is 21.1 Å². The molecule has 0 saturated carbocycles. The van der Waals surface area contributed by atoms with E-state index in [1.165, 1.54) is 0 Å². The number of oxazole rings is 1. The average Bonchev–Trinajstić information content (AvgIpc) is 3.16. The third kappa shape index (κ3) is 2.49. The molecule has 4 rings (SSSR count). The molecule has 0 aliphatic carbocycles. The van der Waals surface area contributed by atoms with Crippen LogP contribution in [0.15, 0.2) is 40.9 Å². The monoisotopic (exact) mass is 332 g/mol. The van der Waals surface area contributed by atoms with Crippen LogP contribution in [0.3, 0.4) is 0 Å². The second-order valence-electron chi connectivity index (χ2n) is 5.06. The first-order chi connectivity index (χ1) is 10.8. The van der Waals surface area contributed by atoms with Gasteiger partial charge in [-0.2, -0.15) is 4.98 Å². The lowest BCUT2D eigenvalue weighted by Gasteiger charge is -2.11. The van der Waals surface area contributed by atoms with Crippen molar-refractivity contribution in [1.82, 2.24) is 15.4 Å². The van der Waals surface area contributed by atoms with E-state index in [2.05, 4.69) is 9.97 Å². The summed E-state index contributed by atoms with van der Waals surface area (Å²) in [5.74, 6) is -0.516. The van der Waals surface area contributed by atoms with Gasteiger partial charge in [-0.3, -0.25) is 10.0 Å². The van der Waals surface area contributed by atoms with E-state index in [1.54, 1.807) is 29.9 Å². The first kappa shape index (κ1) is 15.3. The van der Waals surface area contributed by atoms with Gasteiger partial charge < -0.3 is 9.32 Å². The quantitative estimate of drug-likeness (QED) is 0.552. The van der Waals surface area contributed by atoms with Gasteiger partial charge in [-0.15, -0.1) is 12.4 Å².